The summed E-state index contributed by atoms with van der Waals surface area (Å²) in [5.74, 6) is -0.0379. The molecule has 0 spiro atoms. The van der Waals surface area contributed by atoms with Crippen LogP contribution in [0.5, 0.6) is 0 Å². The average Bonchev–Trinajstić information content (AvgIpc) is 2.46. The number of rotatable bonds is 4. The Morgan fingerprint density at radius 1 is 1.39 bits per heavy atom. The zero-order valence-corrected chi connectivity index (χ0v) is 10.4. The van der Waals surface area contributed by atoms with Crippen LogP contribution in [-0.4, -0.2) is 23.7 Å². The summed E-state index contributed by atoms with van der Waals surface area (Å²) in [7, 11) is 0. The lowest BCUT2D eigenvalue weighted by Crippen LogP contribution is -2.37. The van der Waals surface area contributed by atoms with E-state index in [1.165, 1.54) is 0 Å². The van der Waals surface area contributed by atoms with Crippen molar-refractivity contribution in [1.29, 1.82) is 0 Å². The van der Waals surface area contributed by atoms with Gasteiger partial charge in [0.1, 0.15) is 6.10 Å². The number of hydrogen-bond acceptors (Lipinski definition) is 3. The van der Waals surface area contributed by atoms with Gasteiger partial charge < -0.3 is 15.2 Å². The van der Waals surface area contributed by atoms with Gasteiger partial charge in [0.2, 0.25) is 5.91 Å². The van der Waals surface area contributed by atoms with E-state index in [0.29, 0.717) is 13.2 Å². The van der Waals surface area contributed by atoms with Crippen molar-refractivity contribution in [3.05, 3.63) is 35.4 Å². The van der Waals surface area contributed by atoms with Crippen molar-refractivity contribution in [3.8, 4) is 0 Å². The largest absolute Gasteiger partial charge is 0.392 e. The Bertz CT molecular complexity index is 400. The van der Waals surface area contributed by atoms with Gasteiger partial charge in [0.15, 0.2) is 0 Å². The molecule has 0 bridgehead atoms. The number of carbonyl (C=O) groups excluding carboxylic acids is 1. The Morgan fingerprint density at radius 2 is 2.22 bits per heavy atom. The molecule has 1 aliphatic rings. The number of benzene rings is 1. The van der Waals surface area contributed by atoms with E-state index in [1.807, 2.05) is 24.3 Å². The minimum absolute atomic E-state index is 0.0214. The molecule has 1 unspecified atom stereocenters. The smallest absolute Gasteiger partial charge is 0.249 e. The van der Waals surface area contributed by atoms with Crippen LogP contribution in [0.3, 0.4) is 0 Å². The summed E-state index contributed by atoms with van der Waals surface area (Å²) < 4.78 is 5.42. The molecular formula is C14H19NO3. The standard InChI is InChI=1S/C14H19NO3/c16-10-12-5-3-4-11(8-12)9-15-14(17)13-6-1-2-7-18-13/h3-5,8,13,16H,1-2,6-7,9-10H2,(H,15,17). The van der Waals surface area contributed by atoms with Crippen LogP contribution in [0, 0.1) is 0 Å². The molecule has 1 aliphatic heterocycles. The van der Waals surface area contributed by atoms with E-state index in [1.54, 1.807) is 0 Å². The van der Waals surface area contributed by atoms with E-state index in [9.17, 15) is 4.79 Å². The highest BCUT2D eigenvalue weighted by molar-refractivity contribution is 5.80. The van der Waals surface area contributed by atoms with Crippen molar-refractivity contribution in [2.24, 2.45) is 0 Å². The molecule has 18 heavy (non-hydrogen) atoms. The maximum absolute atomic E-state index is 11.8. The zero-order valence-electron chi connectivity index (χ0n) is 10.4. The zero-order chi connectivity index (χ0) is 12.8. The van der Waals surface area contributed by atoms with E-state index in [0.717, 1.165) is 30.4 Å². The predicted molar refractivity (Wildman–Crippen MR) is 67.8 cm³/mol. The Hall–Kier alpha value is -1.39. The molecule has 4 nitrogen and oxygen atoms in total. The fourth-order valence-corrected chi connectivity index (χ4v) is 2.09. The van der Waals surface area contributed by atoms with Crippen LogP contribution in [0.4, 0.5) is 0 Å². The van der Waals surface area contributed by atoms with E-state index in [2.05, 4.69) is 5.32 Å². The van der Waals surface area contributed by atoms with E-state index < -0.39 is 0 Å². The first-order valence-corrected chi connectivity index (χ1v) is 6.37. The highest BCUT2D eigenvalue weighted by atomic mass is 16.5. The maximum atomic E-state index is 11.8. The monoisotopic (exact) mass is 249 g/mol. The minimum Gasteiger partial charge on any atom is -0.392 e. The molecule has 0 aromatic heterocycles. The van der Waals surface area contributed by atoms with Gasteiger partial charge in [-0.05, 0) is 30.4 Å². The van der Waals surface area contributed by atoms with Gasteiger partial charge in [-0.3, -0.25) is 4.79 Å². The lowest BCUT2D eigenvalue weighted by molar-refractivity contribution is -0.135. The second-order valence-corrected chi connectivity index (χ2v) is 4.55. The Morgan fingerprint density at radius 3 is 2.94 bits per heavy atom. The van der Waals surface area contributed by atoms with Gasteiger partial charge >= 0.3 is 0 Å². The van der Waals surface area contributed by atoms with Gasteiger partial charge in [-0.25, -0.2) is 0 Å². The summed E-state index contributed by atoms with van der Waals surface area (Å²) in [6, 6.07) is 7.56. The first kappa shape index (κ1) is 13.1. The molecule has 1 fully saturated rings. The maximum Gasteiger partial charge on any atom is 0.249 e. The van der Waals surface area contributed by atoms with E-state index in [-0.39, 0.29) is 18.6 Å². The molecule has 4 heteroatoms. The molecule has 1 atom stereocenters. The summed E-state index contributed by atoms with van der Waals surface area (Å²) in [6.45, 7) is 1.18. The molecular weight excluding hydrogens is 230 g/mol. The molecule has 1 amide bonds. The number of nitrogens with one attached hydrogen (secondary N) is 1. The molecule has 1 aromatic rings. The summed E-state index contributed by atoms with van der Waals surface area (Å²) in [5.41, 5.74) is 1.85. The molecule has 1 aromatic carbocycles. The van der Waals surface area contributed by atoms with E-state index >= 15 is 0 Å². The van der Waals surface area contributed by atoms with Crippen molar-refractivity contribution < 1.29 is 14.6 Å². The minimum atomic E-state index is -0.292. The van der Waals surface area contributed by atoms with Gasteiger partial charge in [-0.2, -0.15) is 0 Å². The molecule has 2 N–H and O–H groups in total. The van der Waals surface area contributed by atoms with E-state index in [4.69, 9.17) is 9.84 Å². The number of amides is 1. The van der Waals surface area contributed by atoms with Gasteiger partial charge in [-0.15, -0.1) is 0 Å². The fraction of sp³-hybridized carbons (Fsp3) is 0.500. The molecule has 2 rings (SSSR count). The normalized spacial score (nSPS) is 19.5. The molecule has 0 aliphatic carbocycles. The molecule has 1 saturated heterocycles. The number of aliphatic hydroxyl groups excluding tert-OH is 1. The first-order chi connectivity index (χ1) is 8.79. The third kappa shape index (κ3) is 3.55. The summed E-state index contributed by atoms with van der Waals surface area (Å²) >= 11 is 0. The van der Waals surface area contributed by atoms with Crippen LogP contribution < -0.4 is 5.32 Å². The predicted octanol–water partition coefficient (Wildman–Crippen LogP) is 1.36. The SMILES string of the molecule is O=C(NCc1cccc(CO)c1)C1CCCCO1. The van der Waals surface area contributed by atoms with Crippen LogP contribution in [0.25, 0.3) is 0 Å². The lowest BCUT2D eigenvalue weighted by Gasteiger charge is -2.21. The van der Waals surface area contributed by atoms with Crippen molar-refractivity contribution in [1.82, 2.24) is 5.32 Å². The van der Waals surface area contributed by atoms with Crippen LogP contribution in [0.1, 0.15) is 30.4 Å². The summed E-state index contributed by atoms with van der Waals surface area (Å²) in [6.07, 6.45) is 2.61. The molecule has 98 valence electrons. The second kappa shape index (κ2) is 6.52. The third-order valence-corrected chi connectivity index (χ3v) is 3.11. The van der Waals surface area contributed by atoms with Gasteiger partial charge in [0.05, 0.1) is 6.61 Å². The van der Waals surface area contributed by atoms with Crippen LogP contribution in [0.2, 0.25) is 0 Å². The van der Waals surface area contributed by atoms with Crippen molar-refractivity contribution in [2.45, 2.75) is 38.5 Å². The quantitative estimate of drug-likeness (QED) is 0.847. The van der Waals surface area contributed by atoms with Crippen molar-refractivity contribution in [2.75, 3.05) is 6.61 Å². The van der Waals surface area contributed by atoms with Crippen molar-refractivity contribution >= 4 is 5.91 Å². The molecule has 0 saturated carbocycles. The lowest BCUT2D eigenvalue weighted by atomic mass is 10.1. The number of ether oxygens (including phenoxy) is 1. The molecule has 0 radical (unpaired) electrons. The number of carbonyl (C=O) groups is 1. The third-order valence-electron chi connectivity index (χ3n) is 3.11. The van der Waals surface area contributed by atoms with Crippen LogP contribution in [-0.2, 0) is 22.7 Å². The highest BCUT2D eigenvalue weighted by Crippen LogP contribution is 2.13. The summed E-state index contributed by atoms with van der Waals surface area (Å²) in [5, 5.41) is 11.9. The van der Waals surface area contributed by atoms with Gasteiger partial charge in [0, 0.05) is 13.2 Å². The average molecular weight is 249 g/mol. The van der Waals surface area contributed by atoms with Crippen LogP contribution >= 0.6 is 0 Å². The second-order valence-electron chi connectivity index (χ2n) is 4.55. The van der Waals surface area contributed by atoms with Crippen molar-refractivity contribution in [3.63, 3.8) is 0 Å². The van der Waals surface area contributed by atoms with Gasteiger partial charge in [0.25, 0.3) is 0 Å². The molecule has 1 heterocycles. The summed E-state index contributed by atoms with van der Waals surface area (Å²) in [4.78, 5) is 11.8. The van der Waals surface area contributed by atoms with Gasteiger partial charge in [-0.1, -0.05) is 24.3 Å². The Kier molecular flexibility index (Phi) is 4.73. The number of aliphatic hydroxyl groups is 1. The number of hydrogen-bond donors (Lipinski definition) is 2. The Labute approximate surface area is 107 Å². The van der Waals surface area contributed by atoms with Crippen LogP contribution in [0.15, 0.2) is 24.3 Å². The first-order valence-electron chi connectivity index (χ1n) is 6.37. The highest BCUT2D eigenvalue weighted by Gasteiger charge is 2.21. The fourth-order valence-electron chi connectivity index (χ4n) is 2.09. The topological polar surface area (TPSA) is 58.6 Å². The Balaban J connectivity index is 1.84.